The fraction of sp³-hybridized carbons (Fsp3) is 0.333. The van der Waals surface area contributed by atoms with Gasteiger partial charge in [-0.15, -0.1) is 0 Å². The molecule has 1 unspecified atom stereocenters. The first kappa shape index (κ1) is 15.1. The van der Waals surface area contributed by atoms with Gasteiger partial charge in [0.05, 0.1) is 6.61 Å². The molecule has 0 aliphatic rings. The highest BCUT2D eigenvalue weighted by Crippen LogP contribution is 2.29. The number of anilines is 2. The number of aryl methyl sites for hydroxylation is 1. The van der Waals surface area contributed by atoms with Gasteiger partial charge in [-0.1, -0.05) is 17.7 Å². The zero-order valence-electron chi connectivity index (χ0n) is 12.5. The van der Waals surface area contributed by atoms with Crippen LogP contribution in [0.3, 0.4) is 0 Å². The van der Waals surface area contributed by atoms with Gasteiger partial charge in [-0.25, -0.2) is 4.98 Å². The van der Waals surface area contributed by atoms with Gasteiger partial charge in [-0.3, -0.25) is 0 Å². The van der Waals surface area contributed by atoms with Gasteiger partial charge in [0.25, 0.3) is 0 Å². The molecule has 0 bridgehead atoms. The van der Waals surface area contributed by atoms with Crippen LogP contribution >= 0.6 is 0 Å². The Morgan fingerprint density at radius 3 is 2.62 bits per heavy atom. The van der Waals surface area contributed by atoms with E-state index in [1.54, 1.807) is 7.11 Å². The number of methoxy groups -OCH3 is 1. The second-order valence-electron chi connectivity index (χ2n) is 4.86. The average molecular weight is 288 g/mol. The highest BCUT2D eigenvalue weighted by atomic mass is 16.5. The van der Waals surface area contributed by atoms with Gasteiger partial charge in [-0.2, -0.15) is 4.98 Å². The molecule has 2 rings (SSSR count). The van der Waals surface area contributed by atoms with E-state index >= 15 is 0 Å². The lowest BCUT2D eigenvalue weighted by Gasteiger charge is -2.16. The molecule has 0 radical (unpaired) electrons. The lowest BCUT2D eigenvalue weighted by molar-refractivity contribution is 0.190. The number of nitrogens with one attached hydrogen (secondary N) is 1. The smallest absolute Gasteiger partial charge is 0.248 e. The first-order valence-electron chi connectivity index (χ1n) is 6.70. The summed E-state index contributed by atoms with van der Waals surface area (Å²) in [4.78, 5) is 8.21. The molecule has 0 saturated heterocycles. The maximum absolute atomic E-state index is 6.05. The molecule has 0 aliphatic heterocycles. The maximum Gasteiger partial charge on any atom is 0.248 e. The maximum atomic E-state index is 6.05. The Balaban J connectivity index is 2.15. The summed E-state index contributed by atoms with van der Waals surface area (Å²) in [6, 6.07) is 7.76. The van der Waals surface area contributed by atoms with E-state index in [9.17, 15) is 0 Å². The Kier molecular flexibility index (Phi) is 4.94. The molecule has 1 aromatic heterocycles. The third kappa shape index (κ3) is 4.06. The first-order chi connectivity index (χ1) is 10.1. The summed E-state index contributed by atoms with van der Waals surface area (Å²) < 4.78 is 10.8. The Morgan fingerprint density at radius 2 is 1.95 bits per heavy atom. The van der Waals surface area contributed by atoms with E-state index in [0.29, 0.717) is 29.7 Å². The summed E-state index contributed by atoms with van der Waals surface area (Å²) in [6.07, 6.45) is 1.42. The summed E-state index contributed by atoms with van der Waals surface area (Å²) >= 11 is 0. The van der Waals surface area contributed by atoms with Crippen molar-refractivity contribution in [2.24, 2.45) is 0 Å². The van der Waals surface area contributed by atoms with Gasteiger partial charge in [0, 0.05) is 13.2 Å². The SMILES string of the molecule is COCC(C)Nc1ncnc(Oc2ccc(C)cc2)c1N. The number of rotatable bonds is 6. The second kappa shape index (κ2) is 6.90. The van der Waals surface area contributed by atoms with E-state index < -0.39 is 0 Å². The lowest BCUT2D eigenvalue weighted by Crippen LogP contribution is -2.22. The van der Waals surface area contributed by atoms with Crippen LogP contribution < -0.4 is 15.8 Å². The molecular weight excluding hydrogens is 268 g/mol. The van der Waals surface area contributed by atoms with Crippen LogP contribution in [0.5, 0.6) is 11.6 Å². The molecule has 21 heavy (non-hydrogen) atoms. The van der Waals surface area contributed by atoms with E-state index in [-0.39, 0.29) is 6.04 Å². The van der Waals surface area contributed by atoms with Crippen LogP contribution in [0.1, 0.15) is 12.5 Å². The predicted octanol–water partition coefficient (Wildman–Crippen LogP) is 2.61. The van der Waals surface area contributed by atoms with Crippen LogP contribution in [-0.4, -0.2) is 29.7 Å². The van der Waals surface area contributed by atoms with E-state index in [2.05, 4.69) is 15.3 Å². The third-order valence-corrected chi connectivity index (χ3v) is 2.88. The van der Waals surface area contributed by atoms with E-state index in [4.69, 9.17) is 15.2 Å². The minimum absolute atomic E-state index is 0.0828. The molecule has 3 N–H and O–H groups in total. The van der Waals surface area contributed by atoms with Gasteiger partial charge >= 0.3 is 0 Å². The van der Waals surface area contributed by atoms with Crippen LogP contribution in [0.2, 0.25) is 0 Å². The van der Waals surface area contributed by atoms with Crippen molar-refractivity contribution >= 4 is 11.5 Å². The second-order valence-corrected chi connectivity index (χ2v) is 4.86. The molecule has 1 atom stereocenters. The molecule has 2 aromatic rings. The van der Waals surface area contributed by atoms with Gasteiger partial charge in [0.15, 0.2) is 5.82 Å². The molecule has 0 saturated carbocycles. The largest absolute Gasteiger partial charge is 0.437 e. The van der Waals surface area contributed by atoms with Crippen molar-refractivity contribution in [3.63, 3.8) is 0 Å². The monoisotopic (exact) mass is 288 g/mol. The van der Waals surface area contributed by atoms with Crippen LogP contribution in [0.15, 0.2) is 30.6 Å². The number of hydrogen-bond acceptors (Lipinski definition) is 6. The van der Waals surface area contributed by atoms with Gasteiger partial charge in [0.1, 0.15) is 17.8 Å². The molecule has 112 valence electrons. The molecule has 0 spiro atoms. The highest BCUT2D eigenvalue weighted by Gasteiger charge is 2.12. The third-order valence-electron chi connectivity index (χ3n) is 2.88. The Hall–Kier alpha value is -2.34. The summed E-state index contributed by atoms with van der Waals surface area (Å²) in [5.74, 6) is 1.56. The van der Waals surface area contributed by atoms with Crippen molar-refractivity contribution < 1.29 is 9.47 Å². The predicted molar refractivity (Wildman–Crippen MR) is 82.7 cm³/mol. The molecule has 0 amide bonds. The Bertz CT molecular complexity index is 587. The molecule has 6 heteroatoms. The fourth-order valence-electron chi connectivity index (χ4n) is 1.82. The number of ether oxygens (including phenoxy) is 2. The minimum Gasteiger partial charge on any atom is -0.437 e. The van der Waals surface area contributed by atoms with Crippen LogP contribution in [0.4, 0.5) is 11.5 Å². The number of benzene rings is 1. The highest BCUT2D eigenvalue weighted by molar-refractivity contribution is 5.67. The van der Waals surface area contributed by atoms with Crippen molar-refractivity contribution in [1.29, 1.82) is 0 Å². The van der Waals surface area contributed by atoms with E-state index in [0.717, 1.165) is 5.56 Å². The van der Waals surface area contributed by atoms with Gasteiger partial charge < -0.3 is 20.5 Å². The standard InChI is InChI=1S/C15H20N4O2/c1-10-4-6-12(7-5-10)21-15-13(16)14(17-9-18-15)19-11(2)8-20-3/h4-7,9,11H,8,16H2,1-3H3,(H,17,18,19). The number of nitrogens with zero attached hydrogens (tertiary/aromatic N) is 2. The van der Waals surface area contributed by atoms with Crippen molar-refractivity contribution in [2.45, 2.75) is 19.9 Å². The number of nitrogen functional groups attached to an aromatic ring is 1. The molecule has 0 aliphatic carbocycles. The first-order valence-corrected chi connectivity index (χ1v) is 6.70. The quantitative estimate of drug-likeness (QED) is 0.850. The zero-order chi connectivity index (χ0) is 15.2. The summed E-state index contributed by atoms with van der Waals surface area (Å²) in [5, 5.41) is 3.17. The Labute approximate surface area is 124 Å². The summed E-state index contributed by atoms with van der Waals surface area (Å²) in [7, 11) is 1.65. The van der Waals surface area contributed by atoms with E-state index in [1.165, 1.54) is 6.33 Å². The number of nitrogens with two attached hydrogens (primary N) is 1. The minimum atomic E-state index is 0.0828. The topological polar surface area (TPSA) is 82.3 Å². The molecule has 6 nitrogen and oxygen atoms in total. The van der Waals surface area contributed by atoms with Crippen LogP contribution in [0, 0.1) is 6.92 Å². The molecule has 1 heterocycles. The van der Waals surface area contributed by atoms with E-state index in [1.807, 2.05) is 38.1 Å². The molecular formula is C15H20N4O2. The molecule has 0 fully saturated rings. The number of hydrogen-bond donors (Lipinski definition) is 2. The molecule has 1 aromatic carbocycles. The average Bonchev–Trinajstić information content (AvgIpc) is 2.46. The Morgan fingerprint density at radius 1 is 1.24 bits per heavy atom. The van der Waals surface area contributed by atoms with Crippen molar-refractivity contribution in [1.82, 2.24) is 9.97 Å². The normalized spacial score (nSPS) is 12.0. The summed E-state index contributed by atoms with van der Waals surface area (Å²) in [5.41, 5.74) is 7.59. The zero-order valence-corrected chi connectivity index (χ0v) is 12.5. The van der Waals surface area contributed by atoms with Crippen molar-refractivity contribution in [3.8, 4) is 11.6 Å². The van der Waals surface area contributed by atoms with Crippen LogP contribution in [0.25, 0.3) is 0 Å². The van der Waals surface area contributed by atoms with Gasteiger partial charge in [0.2, 0.25) is 5.88 Å². The number of aromatic nitrogens is 2. The lowest BCUT2D eigenvalue weighted by atomic mass is 10.2. The van der Waals surface area contributed by atoms with Crippen molar-refractivity contribution in [3.05, 3.63) is 36.2 Å². The summed E-state index contributed by atoms with van der Waals surface area (Å²) in [6.45, 7) is 4.55. The van der Waals surface area contributed by atoms with Crippen LogP contribution in [-0.2, 0) is 4.74 Å². The fourth-order valence-corrected chi connectivity index (χ4v) is 1.82. The van der Waals surface area contributed by atoms with Crippen molar-refractivity contribution in [2.75, 3.05) is 24.8 Å². The van der Waals surface area contributed by atoms with Gasteiger partial charge in [-0.05, 0) is 26.0 Å².